The molecule has 1 aliphatic heterocycles. The highest BCUT2D eigenvalue weighted by Crippen LogP contribution is 2.33. The van der Waals surface area contributed by atoms with Crippen molar-refractivity contribution in [2.75, 3.05) is 7.05 Å². The van der Waals surface area contributed by atoms with Crippen molar-refractivity contribution in [3.05, 3.63) is 65.4 Å². The summed E-state index contributed by atoms with van der Waals surface area (Å²) in [5, 5.41) is 13.4. The molecule has 7 nitrogen and oxygen atoms in total. The predicted octanol–water partition coefficient (Wildman–Crippen LogP) is 3.88. The molecule has 0 spiro atoms. The van der Waals surface area contributed by atoms with Crippen LogP contribution in [0.15, 0.2) is 53.8 Å². The number of amides is 1. The van der Waals surface area contributed by atoms with Gasteiger partial charge in [0.15, 0.2) is 0 Å². The number of nitrogens with zero attached hydrogens (tertiary/aromatic N) is 4. The number of rotatable bonds is 4. The Balaban J connectivity index is 1.37. The van der Waals surface area contributed by atoms with Crippen LogP contribution < -0.4 is 5.32 Å². The van der Waals surface area contributed by atoms with Gasteiger partial charge in [0.2, 0.25) is 0 Å². The molecule has 1 atom stereocenters. The van der Waals surface area contributed by atoms with Crippen LogP contribution in [0.3, 0.4) is 0 Å². The maximum Gasteiger partial charge on any atom is 0.417 e. The van der Waals surface area contributed by atoms with Gasteiger partial charge in [-0.15, -0.1) is 0 Å². The van der Waals surface area contributed by atoms with Crippen molar-refractivity contribution in [1.82, 2.24) is 20.1 Å². The Hall–Kier alpha value is -3.56. The molecule has 1 N–H and O–H groups in total. The summed E-state index contributed by atoms with van der Waals surface area (Å²) in [6, 6.07) is 10.9. The molecule has 2 aromatic carbocycles. The van der Waals surface area contributed by atoms with Crippen LogP contribution in [0, 0.1) is 0 Å². The zero-order chi connectivity index (χ0) is 22.2. The molecule has 0 fully saturated rings. The van der Waals surface area contributed by atoms with E-state index >= 15 is 0 Å². The minimum atomic E-state index is -4.49. The van der Waals surface area contributed by atoms with Crippen LogP contribution in [-0.2, 0) is 24.6 Å². The highest BCUT2D eigenvalue weighted by molar-refractivity contribution is 6.03. The maximum absolute atomic E-state index is 13.3. The summed E-state index contributed by atoms with van der Waals surface area (Å²) in [5.74, 6) is 0. The van der Waals surface area contributed by atoms with Gasteiger partial charge in [-0.2, -0.15) is 23.4 Å². The first-order valence-electron chi connectivity index (χ1n) is 9.53. The molecule has 31 heavy (non-hydrogen) atoms. The summed E-state index contributed by atoms with van der Waals surface area (Å²) in [6.07, 6.45) is -3.92. The molecule has 3 aromatic rings. The number of halogens is 3. The van der Waals surface area contributed by atoms with Crippen LogP contribution in [0.4, 0.5) is 18.0 Å². The van der Waals surface area contributed by atoms with Gasteiger partial charge in [0, 0.05) is 31.5 Å². The number of benzene rings is 2. The lowest BCUT2D eigenvalue weighted by Crippen LogP contribution is -2.42. The number of nitrogens with one attached hydrogen (secondary N) is 1. The van der Waals surface area contributed by atoms with Gasteiger partial charge in [0.25, 0.3) is 0 Å². The molecule has 0 aliphatic carbocycles. The summed E-state index contributed by atoms with van der Waals surface area (Å²) in [6.45, 7) is 0.0533. The zero-order valence-electron chi connectivity index (χ0n) is 16.8. The van der Waals surface area contributed by atoms with Crippen LogP contribution >= 0.6 is 0 Å². The average molecular weight is 431 g/mol. The first kappa shape index (κ1) is 20.7. The van der Waals surface area contributed by atoms with E-state index in [2.05, 4.69) is 15.5 Å². The minimum Gasteiger partial charge on any atom is -0.445 e. The Morgan fingerprint density at radius 1 is 1.23 bits per heavy atom. The number of hydrogen-bond donors (Lipinski definition) is 1. The van der Waals surface area contributed by atoms with E-state index in [0.717, 1.165) is 22.5 Å². The van der Waals surface area contributed by atoms with E-state index in [1.807, 2.05) is 25.2 Å². The van der Waals surface area contributed by atoms with Gasteiger partial charge in [0.05, 0.1) is 23.0 Å². The monoisotopic (exact) mass is 431 g/mol. The van der Waals surface area contributed by atoms with E-state index in [9.17, 15) is 18.0 Å². The summed E-state index contributed by atoms with van der Waals surface area (Å²) in [4.78, 5) is 12.2. The number of fused-ring (bicyclic) bond motifs is 1. The van der Waals surface area contributed by atoms with Gasteiger partial charge in [-0.3, -0.25) is 15.0 Å². The van der Waals surface area contributed by atoms with Gasteiger partial charge in [-0.05, 0) is 23.8 Å². The third-order valence-corrected chi connectivity index (χ3v) is 5.12. The van der Waals surface area contributed by atoms with Crippen molar-refractivity contribution in [1.29, 1.82) is 0 Å². The number of alkyl halides is 3. The Morgan fingerprint density at radius 2 is 2.00 bits per heavy atom. The molecular weight excluding hydrogens is 411 g/mol. The second-order valence-corrected chi connectivity index (χ2v) is 7.27. The van der Waals surface area contributed by atoms with Gasteiger partial charge in [0.1, 0.15) is 12.8 Å². The first-order valence-corrected chi connectivity index (χ1v) is 9.53. The van der Waals surface area contributed by atoms with E-state index in [0.29, 0.717) is 0 Å². The van der Waals surface area contributed by atoms with Gasteiger partial charge in [-0.1, -0.05) is 24.3 Å². The first-order chi connectivity index (χ1) is 14.7. The molecular formula is C21H20F3N5O2. The van der Waals surface area contributed by atoms with Crippen LogP contribution in [0.25, 0.3) is 10.9 Å². The molecule has 162 valence electrons. The van der Waals surface area contributed by atoms with E-state index in [1.165, 1.54) is 23.2 Å². The number of aryl methyl sites for hydroxylation is 1. The highest BCUT2D eigenvalue weighted by atomic mass is 19.4. The molecule has 0 saturated heterocycles. The fourth-order valence-corrected chi connectivity index (χ4v) is 3.54. The standard InChI is InChI=1S/C21H20F3N5O2/c1-28-18-8-7-13(9-14(18)11-25-28)12-31-20(30)26-19-10-17(27-29(19)2)15-5-3-4-6-16(15)21(22,23)24/h3-9,11,19H,10,12H2,1-2H3,(H,26,30). The van der Waals surface area contributed by atoms with Crippen LogP contribution in [0.1, 0.15) is 23.1 Å². The van der Waals surface area contributed by atoms with E-state index < -0.39 is 24.0 Å². The van der Waals surface area contributed by atoms with E-state index in [-0.39, 0.29) is 24.3 Å². The van der Waals surface area contributed by atoms with Crippen molar-refractivity contribution in [2.45, 2.75) is 25.4 Å². The SMILES string of the molecule is CN1N=C(c2ccccc2C(F)(F)F)CC1NC(=O)OCc1ccc2c(cnn2C)c1. The number of ether oxygens (including phenoxy) is 1. The summed E-state index contributed by atoms with van der Waals surface area (Å²) in [7, 11) is 3.43. The molecule has 1 unspecified atom stereocenters. The molecule has 0 bridgehead atoms. The van der Waals surface area contributed by atoms with E-state index in [4.69, 9.17) is 4.74 Å². The summed E-state index contributed by atoms with van der Waals surface area (Å²) < 4.78 is 46.9. The van der Waals surface area contributed by atoms with Gasteiger partial charge < -0.3 is 4.74 Å². The minimum absolute atomic E-state index is 0.00397. The number of aromatic nitrogens is 2. The largest absolute Gasteiger partial charge is 0.445 e. The Morgan fingerprint density at radius 3 is 2.77 bits per heavy atom. The lowest BCUT2D eigenvalue weighted by molar-refractivity contribution is -0.137. The maximum atomic E-state index is 13.3. The lowest BCUT2D eigenvalue weighted by atomic mass is 10.0. The van der Waals surface area contributed by atoms with Gasteiger partial charge in [-0.25, -0.2) is 4.79 Å². The van der Waals surface area contributed by atoms with Crippen molar-refractivity contribution in [3.8, 4) is 0 Å². The van der Waals surface area contributed by atoms with Crippen molar-refractivity contribution < 1.29 is 22.7 Å². The Bertz CT molecular complexity index is 1160. The van der Waals surface area contributed by atoms with E-state index in [1.54, 1.807) is 17.9 Å². The zero-order valence-corrected chi connectivity index (χ0v) is 16.8. The number of carbonyl (C=O) groups excluding carboxylic acids is 1. The smallest absolute Gasteiger partial charge is 0.417 e. The Labute approximate surface area is 176 Å². The molecule has 4 rings (SSSR count). The Kier molecular flexibility index (Phi) is 5.30. The molecule has 1 aliphatic rings. The lowest BCUT2D eigenvalue weighted by Gasteiger charge is -2.19. The molecule has 10 heteroatoms. The average Bonchev–Trinajstić information content (AvgIpc) is 3.28. The molecule has 0 radical (unpaired) electrons. The van der Waals surface area contributed by atoms with Crippen molar-refractivity contribution >= 4 is 22.7 Å². The summed E-state index contributed by atoms with van der Waals surface area (Å²) in [5.41, 5.74) is 1.26. The predicted molar refractivity (Wildman–Crippen MR) is 108 cm³/mol. The van der Waals surface area contributed by atoms with Gasteiger partial charge >= 0.3 is 12.3 Å². The molecule has 1 amide bonds. The number of carbonyl (C=O) groups is 1. The summed E-state index contributed by atoms with van der Waals surface area (Å²) >= 11 is 0. The molecule has 1 aromatic heterocycles. The third kappa shape index (κ3) is 4.32. The fourth-order valence-electron chi connectivity index (χ4n) is 3.54. The number of alkyl carbamates (subject to hydrolysis) is 1. The second kappa shape index (κ2) is 7.93. The van der Waals surface area contributed by atoms with Crippen molar-refractivity contribution in [3.63, 3.8) is 0 Å². The second-order valence-electron chi connectivity index (χ2n) is 7.27. The van der Waals surface area contributed by atoms with Crippen molar-refractivity contribution in [2.24, 2.45) is 12.1 Å². The van der Waals surface area contributed by atoms with Crippen LogP contribution in [-0.4, -0.2) is 39.8 Å². The van der Waals surface area contributed by atoms with Crippen LogP contribution in [0.5, 0.6) is 0 Å². The topological polar surface area (TPSA) is 71.8 Å². The highest BCUT2D eigenvalue weighted by Gasteiger charge is 2.36. The third-order valence-electron chi connectivity index (χ3n) is 5.12. The normalized spacial score (nSPS) is 16.5. The fraction of sp³-hybridized carbons (Fsp3) is 0.286. The quantitative estimate of drug-likeness (QED) is 0.681. The molecule has 2 heterocycles. The molecule has 0 saturated carbocycles. The number of hydrogen-bond acceptors (Lipinski definition) is 5. The number of hydrazone groups is 1. The van der Waals surface area contributed by atoms with Crippen LogP contribution in [0.2, 0.25) is 0 Å².